The maximum atomic E-state index is 11.0. The average molecular weight is 250 g/mol. The molecule has 0 radical (unpaired) electrons. The maximum Gasteiger partial charge on any atom is 0.336 e. The third-order valence-electron chi connectivity index (χ3n) is 3.16. The number of carboxylic acids is 1. The van der Waals surface area contributed by atoms with Gasteiger partial charge in [0.15, 0.2) is 0 Å². The van der Waals surface area contributed by atoms with Crippen LogP contribution in [0.25, 0.3) is 0 Å². The Hall–Kier alpha value is -1.51. The number of carboxylic acid groups (broad SMARTS) is 1. The van der Waals surface area contributed by atoms with Crippen molar-refractivity contribution in [3.8, 4) is 5.75 Å². The molecular weight excluding hydrogens is 228 g/mol. The van der Waals surface area contributed by atoms with Gasteiger partial charge in [-0.25, -0.2) is 4.79 Å². The van der Waals surface area contributed by atoms with Crippen molar-refractivity contribution in [2.45, 2.75) is 51.9 Å². The number of hydrogen-bond donors (Lipinski definition) is 2. The highest BCUT2D eigenvalue weighted by Gasteiger charge is 2.12. The Bertz CT molecular complexity index is 385. The number of phenolic OH excluding ortho intramolecular Hbond substituents is 1. The third kappa shape index (κ3) is 4.40. The maximum absolute atomic E-state index is 11.0. The molecule has 0 aliphatic heterocycles. The minimum absolute atomic E-state index is 0.100. The minimum Gasteiger partial charge on any atom is -0.508 e. The Balaban J connectivity index is 2.48. The largest absolute Gasteiger partial charge is 0.508 e. The predicted molar refractivity (Wildman–Crippen MR) is 72.1 cm³/mol. The number of aromatic carboxylic acids is 1. The van der Waals surface area contributed by atoms with E-state index in [0.29, 0.717) is 12.0 Å². The minimum atomic E-state index is -0.966. The van der Waals surface area contributed by atoms with E-state index in [1.165, 1.54) is 25.7 Å². The van der Waals surface area contributed by atoms with Crippen LogP contribution in [0.5, 0.6) is 5.75 Å². The van der Waals surface area contributed by atoms with Gasteiger partial charge in [-0.2, -0.15) is 0 Å². The van der Waals surface area contributed by atoms with Crippen LogP contribution in [0.1, 0.15) is 61.4 Å². The number of aromatic hydroxyl groups is 1. The Morgan fingerprint density at radius 1 is 1.11 bits per heavy atom. The van der Waals surface area contributed by atoms with Gasteiger partial charge in [-0.05, 0) is 25.0 Å². The molecule has 0 heterocycles. The van der Waals surface area contributed by atoms with Crippen molar-refractivity contribution in [1.82, 2.24) is 0 Å². The highest BCUT2D eigenvalue weighted by molar-refractivity contribution is 5.90. The second-order valence-electron chi connectivity index (χ2n) is 4.63. The zero-order valence-corrected chi connectivity index (χ0v) is 11.0. The van der Waals surface area contributed by atoms with E-state index in [0.717, 1.165) is 12.8 Å². The molecule has 0 aliphatic carbocycles. The lowest BCUT2D eigenvalue weighted by molar-refractivity contribution is 0.0695. The molecule has 0 saturated carbocycles. The van der Waals surface area contributed by atoms with E-state index in [2.05, 4.69) is 6.92 Å². The molecule has 0 spiro atoms. The summed E-state index contributed by atoms with van der Waals surface area (Å²) in [7, 11) is 0. The van der Waals surface area contributed by atoms with E-state index in [1.54, 1.807) is 18.2 Å². The predicted octanol–water partition coefficient (Wildman–Crippen LogP) is 3.99. The van der Waals surface area contributed by atoms with Crippen molar-refractivity contribution in [2.24, 2.45) is 0 Å². The van der Waals surface area contributed by atoms with Gasteiger partial charge >= 0.3 is 5.97 Å². The lowest BCUT2D eigenvalue weighted by atomic mass is 9.99. The van der Waals surface area contributed by atoms with Crippen molar-refractivity contribution >= 4 is 5.97 Å². The van der Waals surface area contributed by atoms with E-state index in [4.69, 9.17) is 5.11 Å². The molecule has 1 aromatic rings. The Morgan fingerprint density at radius 2 is 1.78 bits per heavy atom. The molecule has 1 rings (SSSR count). The van der Waals surface area contributed by atoms with E-state index in [9.17, 15) is 9.90 Å². The molecule has 18 heavy (non-hydrogen) atoms. The molecule has 2 N–H and O–H groups in total. The fraction of sp³-hybridized carbons (Fsp3) is 0.533. The van der Waals surface area contributed by atoms with Gasteiger partial charge in [0.25, 0.3) is 0 Å². The highest BCUT2D eigenvalue weighted by atomic mass is 16.4. The molecule has 100 valence electrons. The molecule has 0 saturated heterocycles. The summed E-state index contributed by atoms with van der Waals surface area (Å²) in [6.07, 6.45) is 7.57. The highest BCUT2D eigenvalue weighted by Crippen LogP contribution is 2.23. The first kappa shape index (κ1) is 14.6. The van der Waals surface area contributed by atoms with Crippen LogP contribution in [0.3, 0.4) is 0 Å². The fourth-order valence-electron chi connectivity index (χ4n) is 2.12. The summed E-state index contributed by atoms with van der Waals surface area (Å²) >= 11 is 0. The number of phenols is 1. The topological polar surface area (TPSA) is 57.5 Å². The lowest BCUT2D eigenvalue weighted by Gasteiger charge is -2.08. The quantitative estimate of drug-likeness (QED) is 0.686. The second-order valence-corrected chi connectivity index (χ2v) is 4.63. The summed E-state index contributed by atoms with van der Waals surface area (Å²) in [5.74, 6) is -0.865. The van der Waals surface area contributed by atoms with E-state index >= 15 is 0 Å². The van der Waals surface area contributed by atoms with E-state index in [1.807, 2.05) is 0 Å². The average Bonchev–Trinajstić information content (AvgIpc) is 2.34. The number of unbranched alkanes of at least 4 members (excludes halogenated alkanes) is 5. The summed E-state index contributed by atoms with van der Waals surface area (Å²) in [5.41, 5.74) is 0.795. The Labute approximate surface area is 108 Å². The van der Waals surface area contributed by atoms with Crippen LogP contribution in [0, 0.1) is 0 Å². The van der Waals surface area contributed by atoms with Crippen LogP contribution in [-0.2, 0) is 6.42 Å². The van der Waals surface area contributed by atoms with Gasteiger partial charge < -0.3 is 10.2 Å². The van der Waals surface area contributed by atoms with Gasteiger partial charge in [-0.3, -0.25) is 0 Å². The van der Waals surface area contributed by atoms with Crippen molar-refractivity contribution < 1.29 is 15.0 Å². The van der Waals surface area contributed by atoms with E-state index < -0.39 is 5.97 Å². The number of carbonyl (C=O) groups is 1. The standard InChI is InChI=1S/C15H22O3/c1-2-3-4-5-6-7-9-12-13(15(17)18)10-8-11-14(12)16/h8,10-11,16H,2-7,9H2,1H3,(H,17,18). The first-order valence-electron chi connectivity index (χ1n) is 6.71. The zero-order chi connectivity index (χ0) is 13.4. The summed E-state index contributed by atoms with van der Waals surface area (Å²) < 4.78 is 0. The van der Waals surface area contributed by atoms with Gasteiger partial charge in [0.05, 0.1) is 5.56 Å². The summed E-state index contributed by atoms with van der Waals surface area (Å²) in [5, 5.41) is 18.8. The summed E-state index contributed by atoms with van der Waals surface area (Å²) in [4.78, 5) is 11.0. The van der Waals surface area contributed by atoms with Crippen LogP contribution >= 0.6 is 0 Å². The molecule has 0 fully saturated rings. The van der Waals surface area contributed by atoms with Crippen LogP contribution in [0.2, 0.25) is 0 Å². The molecular formula is C15H22O3. The molecule has 0 aromatic heterocycles. The molecule has 0 amide bonds. The number of rotatable bonds is 8. The van der Waals surface area contributed by atoms with Gasteiger partial charge in [0.1, 0.15) is 5.75 Å². The first-order chi connectivity index (χ1) is 8.66. The third-order valence-corrected chi connectivity index (χ3v) is 3.16. The lowest BCUT2D eigenvalue weighted by Crippen LogP contribution is -2.02. The van der Waals surface area contributed by atoms with Crippen LogP contribution in [-0.4, -0.2) is 16.2 Å². The van der Waals surface area contributed by atoms with Gasteiger partial charge in [0, 0.05) is 5.56 Å². The summed E-state index contributed by atoms with van der Waals surface area (Å²) in [6.45, 7) is 2.18. The van der Waals surface area contributed by atoms with Crippen molar-refractivity contribution in [2.75, 3.05) is 0 Å². The monoisotopic (exact) mass is 250 g/mol. The smallest absolute Gasteiger partial charge is 0.336 e. The van der Waals surface area contributed by atoms with E-state index in [-0.39, 0.29) is 11.3 Å². The number of benzene rings is 1. The normalized spacial score (nSPS) is 10.5. The van der Waals surface area contributed by atoms with Crippen molar-refractivity contribution in [3.63, 3.8) is 0 Å². The second kappa shape index (κ2) is 7.75. The molecule has 3 nitrogen and oxygen atoms in total. The van der Waals surface area contributed by atoms with Gasteiger partial charge in [0.2, 0.25) is 0 Å². The fourth-order valence-corrected chi connectivity index (χ4v) is 2.12. The molecule has 0 atom stereocenters. The van der Waals surface area contributed by atoms with Gasteiger partial charge in [-0.15, -0.1) is 0 Å². The SMILES string of the molecule is CCCCCCCCc1c(O)cccc1C(=O)O. The van der Waals surface area contributed by atoms with Crippen LogP contribution in [0.15, 0.2) is 18.2 Å². The molecule has 1 aromatic carbocycles. The molecule has 0 bridgehead atoms. The Morgan fingerprint density at radius 3 is 2.44 bits per heavy atom. The van der Waals surface area contributed by atoms with Crippen LogP contribution in [0.4, 0.5) is 0 Å². The molecule has 0 aliphatic rings. The molecule has 3 heteroatoms. The first-order valence-corrected chi connectivity index (χ1v) is 6.71. The van der Waals surface area contributed by atoms with Crippen molar-refractivity contribution in [1.29, 1.82) is 0 Å². The number of hydrogen-bond acceptors (Lipinski definition) is 2. The Kier molecular flexibility index (Phi) is 6.26. The van der Waals surface area contributed by atoms with Crippen LogP contribution < -0.4 is 0 Å². The summed E-state index contributed by atoms with van der Waals surface area (Å²) in [6, 6.07) is 4.68. The zero-order valence-electron chi connectivity index (χ0n) is 11.0. The molecule has 0 unspecified atom stereocenters. The van der Waals surface area contributed by atoms with Crippen molar-refractivity contribution in [3.05, 3.63) is 29.3 Å². The van der Waals surface area contributed by atoms with Gasteiger partial charge in [-0.1, -0.05) is 45.1 Å².